The van der Waals surface area contributed by atoms with Crippen LogP contribution in [0.2, 0.25) is 0 Å². The smallest absolute Gasteiger partial charge is 0.355 e. The van der Waals surface area contributed by atoms with Crippen molar-refractivity contribution in [2.45, 2.75) is 13.0 Å². The summed E-state index contributed by atoms with van der Waals surface area (Å²) in [4.78, 5) is 14.4. The number of halogens is 1. The highest BCUT2D eigenvalue weighted by molar-refractivity contribution is 9.10. The molecule has 5 heteroatoms. The third-order valence-electron chi connectivity index (χ3n) is 2.26. The van der Waals surface area contributed by atoms with Crippen LogP contribution in [0.5, 0.6) is 0 Å². The molecule has 0 fully saturated rings. The normalized spacial score (nSPS) is 15.0. The van der Waals surface area contributed by atoms with E-state index in [9.17, 15) is 4.79 Å². The molecule has 0 saturated heterocycles. The van der Waals surface area contributed by atoms with Gasteiger partial charge in [-0.3, -0.25) is 0 Å². The third-order valence-corrected chi connectivity index (χ3v) is 3.13. The minimum atomic E-state index is -0.355. The van der Waals surface area contributed by atoms with E-state index in [0.717, 1.165) is 22.2 Å². The Morgan fingerprint density at radius 1 is 1.64 bits per heavy atom. The van der Waals surface area contributed by atoms with Crippen LogP contribution in [0, 0.1) is 0 Å². The van der Waals surface area contributed by atoms with Gasteiger partial charge in [-0.25, -0.2) is 4.79 Å². The number of nitrogens with one attached hydrogen (secondary N) is 1. The number of aromatic amines is 1. The van der Waals surface area contributed by atoms with Gasteiger partial charge in [0.25, 0.3) is 0 Å². The molecule has 1 aliphatic rings. The Morgan fingerprint density at radius 3 is 3.07 bits per heavy atom. The summed E-state index contributed by atoms with van der Waals surface area (Å²) < 4.78 is 10.7. The lowest BCUT2D eigenvalue weighted by Crippen LogP contribution is -2.08. The van der Waals surface area contributed by atoms with Crippen molar-refractivity contribution in [2.75, 3.05) is 13.7 Å². The van der Waals surface area contributed by atoms with Crippen molar-refractivity contribution in [1.82, 2.24) is 4.98 Å². The van der Waals surface area contributed by atoms with E-state index in [-0.39, 0.29) is 5.97 Å². The molecule has 0 aliphatic carbocycles. The first kappa shape index (κ1) is 9.73. The van der Waals surface area contributed by atoms with Gasteiger partial charge in [-0.15, -0.1) is 0 Å². The Hall–Kier alpha value is -0.810. The van der Waals surface area contributed by atoms with Crippen molar-refractivity contribution >= 4 is 21.9 Å². The molecule has 0 saturated carbocycles. The maximum Gasteiger partial charge on any atom is 0.355 e. The highest BCUT2D eigenvalue weighted by Crippen LogP contribution is 2.29. The van der Waals surface area contributed by atoms with E-state index >= 15 is 0 Å². The number of aromatic nitrogens is 1. The molecule has 0 atom stereocenters. The number of fused-ring (bicyclic) bond motifs is 1. The predicted molar refractivity (Wildman–Crippen MR) is 53.2 cm³/mol. The molecule has 0 amide bonds. The van der Waals surface area contributed by atoms with Gasteiger partial charge in [0.05, 0.1) is 24.8 Å². The van der Waals surface area contributed by atoms with Gasteiger partial charge in [0, 0.05) is 17.7 Å². The molecule has 2 rings (SSSR count). The molecule has 0 bridgehead atoms. The average molecular weight is 260 g/mol. The van der Waals surface area contributed by atoms with Gasteiger partial charge in [0.1, 0.15) is 5.69 Å². The van der Waals surface area contributed by atoms with Gasteiger partial charge < -0.3 is 14.5 Å². The van der Waals surface area contributed by atoms with Crippen LogP contribution in [-0.4, -0.2) is 24.7 Å². The van der Waals surface area contributed by atoms with Crippen LogP contribution in [0.1, 0.15) is 21.7 Å². The molecular formula is C9H10BrNO3. The Morgan fingerprint density at radius 2 is 2.43 bits per heavy atom. The van der Waals surface area contributed by atoms with Gasteiger partial charge >= 0.3 is 5.97 Å². The highest BCUT2D eigenvalue weighted by atomic mass is 79.9. The van der Waals surface area contributed by atoms with Crippen LogP contribution in [0.25, 0.3) is 0 Å². The molecule has 14 heavy (non-hydrogen) atoms. The topological polar surface area (TPSA) is 51.3 Å². The van der Waals surface area contributed by atoms with Gasteiger partial charge in [-0.2, -0.15) is 0 Å². The van der Waals surface area contributed by atoms with E-state index in [0.29, 0.717) is 18.9 Å². The number of H-pyrrole nitrogens is 1. The maximum absolute atomic E-state index is 11.3. The van der Waals surface area contributed by atoms with E-state index in [1.807, 2.05) is 0 Å². The van der Waals surface area contributed by atoms with Crippen LogP contribution < -0.4 is 0 Å². The minimum absolute atomic E-state index is 0.355. The summed E-state index contributed by atoms with van der Waals surface area (Å²) in [5.74, 6) is -0.355. The number of hydrogen-bond acceptors (Lipinski definition) is 3. The van der Waals surface area contributed by atoms with Gasteiger partial charge in [-0.1, -0.05) is 0 Å². The van der Waals surface area contributed by atoms with Gasteiger partial charge in [0.2, 0.25) is 0 Å². The minimum Gasteiger partial charge on any atom is -0.464 e. The lowest BCUT2D eigenvalue weighted by atomic mass is 10.2. The van der Waals surface area contributed by atoms with Crippen LogP contribution in [0.15, 0.2) is 4.47 Å². The van der Waals surface area contributed by atoms with Crippen molar-refractivity contribution in [3.05, 3.63) is 21.4 Å². The zero-order chi connectivity index (χ0) is 10.1. The molecule has 0 radical (unpaired) electrons. The Bertz CT molecular complexity index is 372. The second-order valence-electron chi connectivity index (χ2n) is 3.07. The van der Waals surface area contributed by atoms with Crippen LogP contribution in [0.4, 0.5) is 0 Å². The summed E-state index contributed by atoms with van der Waals surface area (Å²) in [5, 5.41) is 0. The molecule has 1 aliphatic heterocycles. The average Bonchev–Trinajstić information content (AvgIpc) is 2.56. The lowest BCUT2D eigenvalue weighted by Gasteiger charge is -2.11. The summed E-state index contributed by atoms with van der Waals surface area (Å²) in [7, 11) is 1.37. The van der Waals surface area contributed by atoms with Crippen molar-refractivity contribution < 1.29 is 14.3 Å². The number of esters is 1. The number of ether oxygens (including phenoxy) is 2. The van der Waals surface area contributed by atoms with E-state index in [4.69, 9.17) is 4.74 Å². The van der Waals surface area contributed by atoms with E-state index in [1.54, 1.807) is 0 Å². The summed E-state index contributed by atoms with van der Waals surface area (Å²) in [6.07, 6.45) is 0.810. The fourth-order valence-electron chi connectivity index (χ4n) is 1.52. The van der Waals surface area contributed by atoms with Crippen molar-refractivity contribution in [2.24, 2.45) is 0 Å². The van der Waals surface area contributed by atoms with Crippen molar-refractivity contribution in [1.29, 1.82) is 0 Å². The molecule has 0 spiro atoms. The van der Waals surface area contributed by atoms with Crippen molar-refractivity contribution in [3.63, 3.8) is 0 Å². The van der Waals surface area contributed by atoms with E-state index in [1.165, 1.54) is 7.11 Å². The number of hydrogen-bond donors (Lipinski definition) is 1. The van der Waals surface area contributed by atoms with Gasteiger partial charge in [-0.05, 0) is 15.9 Å². The van der Waals surface area contributed by atoms with Crippen LogP contribution in [-0.2, 0) is 22.5 Å². The largest absolute Gasteiger partial charge is 0.464 e. The molecule has 1 aromatic heterocycles. The van der Waals surface area contributed by atoms with E-state index < -0.39 is 0 Å². The van der Waals surface area contributed by atoms with E-state index in [2.05, 4.69) is 25.7 Å². The highest BCUT2D eigenvalue weighted by Gasteiger charge is 2.22. The third kappa shape index (κ3) is 1.46. The number of carbonyl (C=O) groups is 1. The molecule has 76 valence electrons. The second-order valence-corrected chi connectivity index (χ2v) is 3.86. The first-order valence-electron chi connectivity index (χ1n) is 4.29. The molecule has 1 N–H and O–H groups in total. The summed E-state index contributed by atoms with van der Waals surface area (Å²) in [5.41, 5.74) is 2.56. The van der Waals surface area contributed by atoms with Crippen LogP contribution >= 0.6 is 15.9 Å². The molecule has 4 nitrogen and oxygen atoms in total. The molecule has 0 aromatic carbocycles. The lowest BCUT2D eigenvalue weighted by molar-refractivity contribution is 0.0593. The zero-order valence-corrected chi connectivity index (χ0v) is 9.31. The van der Waals surface area contributed by atoms with Gasteiger partial charge in [0.15, 0.2) is 0 Å². The van der Waals surface area contributed by atoms with Crippen LogP contribution in [0.3, 0.4) is 0 Å². The maximum atomic E-state index is 11.3. The summed E-state index contributed by atoms with van der Waals surface area (Å²) >= 11 is 3.37. The first-order chi connectivity index (χ1) is 6.74. The van der Waals surface area contributed by atoms with Crippen molar-refractivity contribution in [3.8, 4) is 0 Å². The number of methoxy groups -OCH3 is 1. The summed E-state index contributed by atoms with van der Waals surface area (Å²) in [6.45, 7) is 1.24. The first-order valence-corrected chi connectivity index (χ1v) is 5.08. The molecule has 1 aromatic rings. The molecular weight excluding hydrogens is 250 g/mol. The zero-order valence-electron chi connectivity index (χ0n) is 7.72. The Kier molecular flexibility index (Phi) is 2.60. The Balaban J connectivity index is 2.43. The number of rotatable bonds is 1. The standard InChI is InChI=1S/C9H10BrNO3/c1-13-9(12)8-7(10)5-4-14-3-2-6(5)11-8/h11H,2-4H2,1H3. The monoisotopic (exact) mass is 259 g/mol. The fourth-order valence-corrected chi connectivity index (χ4v) is 2.13. The fraction of sp³-hybridized carbons (Fsp3) is 0.444. The molecule has 0 unspecified atom stereocenters. The summed E-state index contributed by atoms with van der Waals surface area (Å²) in [6, 6.07) is 0. The Labute approximate surface area is 89.7 Å². The molecule has 2 heterocycles. The predicted octanol–water partition coefficient (Wildman–Crippen LogP) is 1.64. The SMILES string of the molecule is COC(=O)c1[nH]c2c(c1Br)COCC2. The second kappa shape index (κ2) is 3.74. The quantitative estimate of drug-likeness (QED) is 0.781. The number of carbonyl (C=O) groups excluding carboxylic acids is 1.